The number of nitriles is 1. The molecular weight excluding hydrogens is 184 g/mol. The maximum atomic E-state index is 8.54. The largest absolute Gasteiger partial charge is 0.371 e. The van der Waals surface area contributed by atoms with Gasteiger partial charge in [-0.25, -0.2) is 0 Å². The van der Waals surface area contributed by atoms with E-state index in [0.717, 1.165) is 25.9 Å². The van der Waals surface area contributed by atoms with Crippen LogP contribution in [0.3, 0.4) is 0 Å². The predicted octanol–water partition coefficient (Wildman–Crippen LogP) is 2.53. The normalized spacial score (nSPS) is 13.7. The van der Waals surface area contributed by atoms with Gasteiger partial charge in [0.05, 0.1) is 6.07 Å². The standard InChI is InChI=1S/C13H16N2/c1-2-15-9-7-12-10-11(4-3-8-14)5-6-13(12)15/h5-6,10H,2-4,7,9H2,1H3. The molecule has 15 heavy (non-hydrogen) atoms. The molecule has 1 aromatic carbocycles. The zero-order valence-corrected chi connectivity index (χ0v) is 9.16. The third-order valence-corrected chi connectivity index (χ3v) is 3.04. The van der Waals surface area contributed by atoms with Crippen molar-refractivity contribution in [2.24, 2.45) is 0 Å². The Bertz CT molecular complexity index is 390. The second-order valence-electron chi connectivity index (χ2n) is 3.95. The Morgan fingerprint density at radius 1 is 1.47 bits per heavy atom. The average molecular weight is 200 g/mol. The Morgan fingerprint density at radius 2 is 2.33 bits per heavy atom. The average Bonchev–Trinajstić information content (AvgIpc) is 2.68. The van der Waals surface area contributed by atoms with Crippen LogP contribution >= 0.6 is 0 Å². The molecule has 78 valence electrons. The minimum absolute atomic E-state index is 0.621. The summed E-state index contributed by atoms with van der Waals surface area (Å²) in [4.78, 5) is 2.41. The van der Waals surface area contributed by atoms with Crippen molar-refractivity contribution in [1.29, 1.82) is 5.26 Å². The van der Waals surface area contributed by atoms with Crippen molar-refractivity contribution in [2.75, 3.05) is 18.0 Å². The molecule has 0 amide bonds. The van der Waals surface area contributed by atoms with Crippen molar-refractivity contribution in [3.63, 3.8) is 0 Å². The highest BCUT2D eigenvalue weighted by molar-refractivity contribution is 5.59. The van der Waals surface area contributed by atoms with Gasteiger partial charge in [-0.3, -0.25) is 0 Å². The summed E-state index contributed by atoms with van der Waals surface area (Å²) < 4.78 is 0. The molecule has 0 spiro atoms. The van der Waals surface area contributed by atoms with E-state index in [4.69, 9.17) is 5.26 Å². The van der Waals surface area contributed by atoms with E-state index in [1.165, 1.54) is 16.8 Å². The Hall–Kier alpha value is -1.49. The maximum absolute atomic E-state index is 8.54. The summed E-state index contributed by atoms with van der Waals surface area (Å²) in [6.07, 6.45) is 2.66. The first-order valence-electron chi connectivity index (χ1n) is 5.59. The van der Waals surface area contributed by atoms with Gasteiger partial charge in [-0.2, -0.15) is 5.26 Å². The van der Waals surface area contributed by atoms with Gasteiger partial charge in [0.2, 0.25) is 0 Å². The molecule has 0 fully saturated rings. The first-order chi connectivity index (χ1) is 7.35. The molecule has 0 radical (unpaired) electrons. The van der Waals surface area contributed by atoms with Crippen LogP contribution in [-0.2, 0) is 12.8 Å². The van der Waals surface area contributed by atoms with Gasteiger partial charge in [0, 0.05) is 25.2 Å². The van der Waals surface area contributed by atoms with E-state index in [-0.39, 0.29) is 0 Å². The number of nitrogens with zero attached hydrogens (tertiary/aromatic N) is 2. The number of anilines is 1. The van der Waals surface area contributed by atoms with E-state index in [9.17, 15) is 0 Å². The molecular formula is C13H16N2. The van der Waals surface area contributed by atoms with Gasteiger partial charge in [0.25, 0.3) is 0 Å². The molecule has 2 heteroatoms. The second-order valence-corrected chi connectivity index (χ2v) is 3.95. The number of likely N-dealkylation sites (N-methyl/N-ethyl adjacent to an activating group) is 1. The summed E-state index contributed by atoms with van der Waals surface area (Å²) in [5.74, 6) is 0. The van der Waals surface area contributed by atoms with Gasteiger partial charge in [0.15, 0.2) is 0 Å². The molecule has 0 N–H and O–H groups in total. The van der Waals surface area contributed by atoms with Crippen LogP contribution in [0.25, 0.3) is 0 Å². The highest BCUT2D eigenvalue weighted by Gasteiger charge is 2.17. The van der Waals surface area contributed by atoms with Crippen LogP contribution in [0.5, 0.6) is 0 Å². The van der Waals surface area contributed by atoms with Crippen molar-refractivity contribution in [1.82, 2.24) is 0 Å². The van der Waals surface area contributed by atoms with Gasteiger partial charge in [-0.1, -0.05) is 12.1 Å². The molecule has 0 aliphatic carbocycles. The summed E-state index contributed by atoms with van der Waals surface area (Å²) in [6, 6.07) is 8.82. The van der Waals surface area contributed by atoms with Crippen LogP contribution in [0, 0.1) is 11.3 Å². The van der Waals surface area contributed by atoms with E-state index in [2.05, 4.69) is 36.1 Å². The highest BCUT2D eigenvalue weighted by atomic mass is 15.1. The Balaban J connectivity index is 2.18. The lowest BCUT2D eigenvalue weighted by Gasteiger charge is -2.16. The monoisotopic (exact) mass is 200 g/mol. The number of hydrogen-bond donors (Lipinski definition) is 0. The van der Waals surface area contributed by atoms with Crippen LogP contribution in [0.4, 0.5) is 5.69 Å². The predicted molar refractivity (Wildman–Crippen MR) is 62.0 cm³/mol. The molecule has 0 atom stereocenters. The molecule has 2 nitrogen and oxygen atoms in total. The highest BCUT2D eigenvalue weighted by Crippen LogP contribution is 2.28. The molecule has 2 rings (SSSR count). The summed E-state index contributed by atoms with van der Waals surface area (Å²) in [6.45, 7) is 4.43. The van der Waals surface area contributed by atoms with E-state index in [1.54, 1.807) is 0 Å². The van der Waals surface area contributed by atoms with Crippen molar-refractivity contribution in [2.45, 2.75) is 26.2 Å². The third-order valence-electron chi connectivity index (χ3n) is 3.04. The Kier molecular flexibility index (Phi) is 2.91. The van der Waals surface area contributed by atoms with Gasteiger partial charge >= 0.3 is 0 Å². The number of benzene rings is 1. The van der Waals surface area contributed by atoms with Gasteiger partial charge in [-0.15, -0.1) is 0 Å². The summed E-state index contributed by atoms with van der Waals surface area (Å²) in [5, 5.41) is 8.54. The van der Waals surface area contributed by atoms with Crippen molar-refractivity contribution < 1.29 is 0 Å². The zero-order chi connectivity index (χ0) is 10.7. The van der Waals surface area contributed by atoms with Crippen LogP contribution in [-0.4, -0.2) is 13.1 Å². The van der Waals surface area contributed by atoms with Gasteiger partial charge in [-0.05, 0) is 37.0 Å². The topological polar surface area (TPSA) is 27.0 Å². The molecule has 1 aromatic rings. The molecule has 0 bridgehead atoms. The molecule has 0 unspecified atom stereocenters. The first-order valence-corrected chi connectivity index (χ1v) is 5.59. The minimum Gasteiger partial charge on any atom is -0.371 e. The SMILES string of the molecule is CCN1CCc2cc(CCC#N)ccc21. The smallest absolute Gasteiger partial charge is 0.0625 e. The number of aryl methyl sites for hydroxylation is 1. The van der Waals surface area contributed by atoms with E-state index < -0.39 is 0 Å². The molecule has 0 aromatic heterocycles. The third kappa shape index (κ3) is 1.97. The summed E-state index contributed by atoms with van der Waals surface area (Å²) in [5.41, 5.74) is 4.14. The van der Waals surface area contributed by atoms with E-state index in [0.29, 0.717) is 6.42 Å². The molecule has 1 aliphatic heterocycles. The molecule has 1 aliphatic rings. The first kappa shape index (κ1) is 10.0. The van der Waals surface area contributed by atoms with Crippen LogP contribution in [0.15, 0.2) is 18.2 Å². The van der Waals surface area contributed by atoms with Crippen molar-refractivity contribution >= 4 is 5.69 Å². The van der Waals surface area contributed by atoms with Gasteiger partial charge in [0.1, 0.15) is 0 Å². The van der Waals surface area contributed by atoms with Crippen LogP contribution in [0.2, 0.25) is 0 Å². The van der Waals surface area contributed by atoms with Crippen molar-refractivity contribution in [3.8, 4) is 6.07 Å². The quantitative estimate of drug-likeness (QED) is 0.749. The Labute approximate surface area is 91.1 Å². The van der Waals surface area contributed by atoms with Gasteiger partial charge < -0.3 is 4.90 Å². The molecule has 0 saturated heterocycles. The lowest BCUT2D eigenvalue weighted by molar-refractivity contribution is 0.868. The fourth-order valence-corrected chi connectivity index (χ4v) is 2.21. The number of hydrogen-bond acceptors (Lipinski definition) is 2. The fraction of sp³-hybridized carbons (Fsp3) is 0.462. The maximum Gasteiger partial charge on any atom is 0.0625 e. The zero-order valence-electron chi connectivity index (χ0n) is 9.16. The number of fused-ring (bicyclic) bond motifs is 1. The molecule has 0 saturated carbocycles. The van der Waals surface area contributed by atoms with E-state index >= 15 is 0 Å². The van der Waals surface area contributed by atoms with Crippen LogP contribution < -0.4 is 4.90 Å². The Morgan fingerprint density at radius 3 is 3.07 bits per heavy atom. The lowest BCUT2D eigenvalue weighted by Crippen LogP contribution is -2.18. The van der Waals surface area contributed by atoms with Crippen molar-refractivity contribution in [3.05, 3.63) is 29.3 Å². The lowest BCUT2D eigenvalue weighted by atomic mass is 10.0. The minimum atomic E-state index is 0.621. The summed E-state index contributed by atoms with van der Waals surface area (Å²) >= 11 is 0. The number of rotatable bonds is 3. The van der Waals surface area contributed by atoms with Crippen LogP contribution in [0.1, 0.15) is 24.5 Å². The molecule has 1 heterocycles. The van der Waals surface area contributed by atoms with E-state index in [1.807, 2.05) is 0 Å². The fourth-order valence-electron chi connectivity index (χ4n) is 2.21. The second kappa shape index (κ2) is 4.35. The summed E-state index contributed by atoms with van der Waals surface area (Å²) in [7, 11) is 0.